The highest BCUT2D eigenvalue weighted by atomic mass is 31.2. The van der Waals surface area contributed by atoms with Gasteiger partial charge in [-0.05, 0) is 37.5 Å². The van der Waals surface area contributed by atoms with E-state index in [1.165, 1.54) is 135 Å². The van der Waals surface area contributed by atoms with E-state index in [2.05, 4.69) is 41.5 Å². The number of ether oxygens (including phenoxy) is 4. The Bertz CT molecular complexity index is 1650. The molecule has 6 atom stereocenters. The van der Waals surface area contributed by atoms with Crippen LogP contribution in [0.3, 0.4) is 0 Å². The normalized spacial score (nSPS) is 14.6. The number of unbranched alkanes of at least 4 members (excludes halogenated alkanes) is 33. The second kappa shape index (κ2) is 57.5. The first-order valence-corrected chi connectivity index (χ1v) is 37.0. The van der Waals surface area contributed by atoms with Crippen molar-refractivity contribution in [1.82, 2.24) is 0 Å². The lowest BCUT2D eigenvalue weighted by Crippen LogP contribution is -2.30. The molecule has 0 saturated heterocycles. The molecule has 0 spiro atoms. The lowest BCUT2D eigenvalue weighted by atomic mass is 10.00. The Labute approximate surface area is 511 Å². The minimum absolute atomic E-state index is 0.105. The maximum Gasteiger partial charge on any atom is 0.472 e. The molecule has 0 rings (SSSR count). The molecule has 0 aliphatic rings. The largest absolute Gasteiger partial charge is 0.472 e. The van der Waals surface area contributed by atoms with Gasteiger partial charge in [0.1, 0.15) is 19.3 Å². The lowest BCUT2D eigenvalue weighted by Gasteiger charge is -2.21. The van der Waals surface area contributed by atoms with E-state index in [0.29, 0.717) is 25.7 Å². The molecular formula is C65H126O17P2. The average Bonchev–Trinajstić information content (AvgIpc) is 3.61. The molecule has 0 aliphatic carbocycles. The molecule has 0 aromatic carbocycles. The van der Waals surface area contributed by atoms with Crippen LogP contribution in [0.1, 0.15) is 324 Å². The molecule has 0 heterocycles. The second-order valence-corrected chi connectivity index (χ2v) is 27.1. The average molecular weight is 1240 g/mol. The van der Waals surface area contributed by atoms with Crippen molar-refractivity contribution in [3.63, 3.8) is 0 Å². The van der Waals surface area contributed by atoms with E-state index in [4.69, 9.17) is 37.0 Å². The number of aliphatic hydroxyl groups is 1. The Morgan fingerprint density at radius 1 is 0.345 bits per heavy atom. The smallest absolute Gasteiger partial charge is 0.462 e. The summed E-state index contributed by atoms with van der Waals surface area (Å²) >= 11 is 0. The fourth-order valence-corrected chi connectivity index (χ4v) is 11.3. The summed E-state index contributed by atoms with van der Waals surface area (Å²) in [5.74, 6) is -0.617. The SMILES string of the molecule is CCCCCCCCCCCC(=O)OC[C@H](COP(=O)(O)OC[C@H](O)COP(=O)(O)OC[C@@H](COC(=O)CCCCCCCCC(C)CC)OC(=O)CCCCCCCCCCCCCCCC(C)C)OC(=O)CCCCCCCCCCC. The van der Waals surface area contributed by atoms with Crippen LogP contribution in [-0.4, -0.2) is 96.7 Å². The van der Waals surface area contributed by atoms with Gasteiger partial charge in [0.05, 0.1) is 26.4 Å². The van der Waals surface area contributed by atoms with Gasteiger partial charge in [0.15, 0.2) is 12.2 Å². The third kappa shape index (κ3) is 57.8. The lowest BCUT2D eigenvalue weighted by molar-refractivity contribution is -0.161. The molecule has 0 aliphatic heterocycles. The summed E-state index contributed by atoms with van der Waals surface area (Å²) < 4.78 is 68.0. The summed E-state index contributed by atoms with van der Waals surface area (Å²) in [4.78, 5) is 72.2. The van der Waals surface area contributed by atoms with Gasteiger partial charge < -0.3 is 33.8 Å². The fourth-order valence-electron chi connectivity index (χ4n) is 9.68. The van der Waals surface area contributed by atoms with Crippen LogP contribution in [0, 0.1) is 11.8 Å². The van der Waals surface area contributed by atoms with Gasteiger partial charge in [-0.1, -0.05) is 273 Å². The summed E-state index contributed by atoms with van der Waals surface area (Å²) in [7, 11) is -9.88. The fraction of sp³-hybridized carbons (Fsp3) is 0.938. The van der Waals surface area contributed by atoms with E-state index in [0.717, 1.165) is 108 Å². The third-order valence-electron chi connectivity index (χ3n) is 15.3. The van der Waals surface area contributed by atoms with E-state index >= 15 is 0 Å². The van der Waals surface area contributed by atoms with Gasteiger partial charge >= 0.3 is 39.5 Å². The Morgan fingerprint density at radius 2 is 0.607 bits per heavy atom. The molecule has 0 bridgehead atoms. The minimum Gasteiger partial charge on any atom is -0.462 e. The molecule has 19 heteroatoms. The molecule has 498 valence electrons. The van der Waals surface area contributed by atoms with Gasteiger partial charge in [-0.15, -0.1) is 0 Å². The predicted octanol–water partition coefficient (Wildman–Crippen LogP) is 18.0. The minimum atomic E-state index is -4.95. The van der Waals surface area contributed by atoms with E-state index in [9.17, 15) is 43.2 Å². The summed E-state index contributed by atoms with van der Waals surface area (Å²) in [6.07, 6.45) is 40.3. The van der Waals surface area contributed by atoms with E-state index in [1.807, 2.05) is 0 Å². The van der Waals surface area contributed by atoms with E-state index < -0.39 is 97.5 Å². The number of aliphatic hydroxyl groups excluding tert-OH is 1. The topological polar surface area (TPSA) is 237 Å². The molecule has 17 nitrogen and oxygen atoms in total. The highest BCUT2D eigenvalue weighted by Crippen LogP contribution is 2.45. The quantitative estimate of drug-likeness (QED) is 0.0222. The zero-order valence-electron chi connectivity index (χ0n) is 54.2. The number of esters is 4. The summed E-state index contributed by atoms with van der Waals surface area (Å²) in [6, 6.07) is 0. The number of phosphoric ester groups is 2. The van der Waals surface area contributed by atoms with Crippen LogP contribution in [0.25, 0.3) is 0 Å². The number of hydrogen-bond donors (Lipinski definition) is 3. The van der Waals surface area contributed by atoms with Gasteiger partial charge in [0.25, 0.3) is 0 Å². The standard InChI is InChI=1S/C65H126O17P2/c1-7-10-12-14-16-23-28-35-41-47-62(67)75-53-60(81-64(69)49-43-37-29-24-17-15-13-11-8-2)55-79-83(71,72)77-51-59(66)52-78-84(73,74)80-56-61(54-76-63(68)48-42-36-32-31-34-40-46-58(6)9-3)82-65(70)50-44-38-30-26-22-20-18-19-21-25-27-33-39-45-57(4)5/h57-61,66H,7-56H2,1-6H3,(H,71,72)(H,73,74)/t58?,59-,60+,61+/m0/s1. The van der Waals surface area contributed by atoms with Crippen LogP contribution in [0.15, 0.2) is 0 Å². The number of rotatable bonds is 64. The van der Waals surface area contributed by atoms with E-state index in [1.54, 1.807) is 0 Å². The number of phosphoric acid groups is 2. The summed E-state index contributed by atoms with van der Waals surface area (Å²) in [5, 5.41) is 10.5. The van der Waals surface area contributed by atoms with Gasteiger partial charge in [0.2, 0.25) is 0 Å². The predicted molar refractivity (Wildman–Crippen MR) is 335 cm³/mol. The molecule has 0 radical (unpaired) electrons. The Balaban J connectivity index is 5.21. The van der Waals surface area contributed by atoms with Crippen molar-refractivity contribution in [3.05, 3.63) is 0 Å². The first-order valence-electron chi connectivity index (χ1n) is 34.0. The van der Waals surface area contributed by atoms with Crippen molar-refractivity contribution in [2.75, 3.05) is 39.6 Å². The molecule has 84 heavy (non-hydrogen) atoms. The Morgan fingerprint density at radius 3 is 0.905 bits per heavy atom. The molecule has 0 aromatic rings. The Hall–Kier alpha value is -1.94. The van der Waals surface area contributed by atoms with E-state index in [-0.39, 0.29) is 25.7 Å². The van der Waals surface area contributed by atoms with Crippen LogP contribution in [0.5, 0.6) is 0 Å². The summed E-state index contributed by atoms with van der Waals surface area (Å²) in [5.41, 5.74) is 0. The van der Waals surface area contributed by atoms with Crippen molar-refractivity contribution in [2.24, 2.45) is 11.8 Å². The van der Waals surface area contributed by atoms with Crippen LogP contribution in [-0.2, 0) is 65.4 Å². The van der Waals surface area contributed by atoms with Crippen LogP contribution in [0.4, 0.5) is 0 Å². The maximum absolute atomic E-state index is 13.0. The maximum atomic E-state index is 13.0. The zero-order valence-corrected chi connectivity index (χ0v) is 56.0. The van der Waals surface area contributed by atoms with Crippen molar-refractivity contribution in [1.29, 1.82) is 0 Å². The third-order valence-corrected chi connectivity index (χ3v) is 17.2. The molecule has 3 unspecified atom stereocenters. The van der Waals surface area contributed by atoms with Crippen LogP contribution in [0.2, 0.25) is 0 Å². The summed E-state index contributed by atoms with van der Waals surface area (Å²) in [6.45, 7) is 9.45. The molecule has 3 N–H and O–H groups in total. The first-order chi connectivity index (χ1) is 40.4. The first kappa shape index (κ1) is 82.1. The van der Waals surface area contributed by atoms with Gasteiger partial charge in [-0.25, -0.2) is 9.13 Å². The van der Waals surface area contributed by atoms with Gasteiger partial charge in [0, 0.05) is 25.7 Å². The van der Waals surface area contributed by atoms with Crippen molar-refractivity contribution >= 4 is 39.5 Å². The zero-order chi connectivity index (χ0) is 62.2. The number of carbonyl (C=O) groups excluding carboxylic acids is 4. The monoisotopic (exact) mass is 1240 g/mol. The van der Waals surface area contributed by atoms with Crippen molar-refractivity contribution in [2.45, 2.75) is 342 Å². The molecular weight excluding hydrogens is 1110 g/mol. The van der Waals surface area contributed by atoms with Crippen LogP contribution >= 0.6 is 15.6 Å². The van der Waals surface area contributed by atoms with Gasteiger partial charge in [-0.3, -0.25) is 37.3 Å². The number of carbonyl (C=O) groups is 4. The van der Waals surface area contributed by atoms with Gasteiger partial charge in [-0.2, -0.15) is 0 Å². The number of hydrogen-bond acceptors (Lipinski definition) is 15. The molecule has 0 aromatic heterocycles. The second-order valence-electron chi connectivity index (χ2n) is 24.2. The highest BCUT2D eigenvalue weighted by molar-refractivity contribution is 7.47. The van der Waals surface area contributed by atoms with Crippen LogP contribution < -0.4 is 0 Å². The van der Waals surface area contributed by atoms with Crippen molar-refractivity contribution in [3.8, 4) is 0 Å². The molecule has 0 amide bonds. The van der Waals surface area contributed by atoms with Crippen molar-refractivity contribution < 1.29 is 80.2 Å². The highest BCUT2D eigenvalue weighted by Gasteiger charge is 2.30. The molecule has 0 fully saturated rings. The molecule has 0 saturated carbocycles. The Kier molecular flexibility index (Phi) is 56.2.